The highest BCUT2D eigenvalue weighted by Gasteiger charge is 2.30. The first kappa shape index (κ1) is 14.6. The third-order valence-corrected chi connectivity index (χ3v) is 4.19. The predicted molar refractivity (Wildman–Crippen MR) is 84.9 cm³/mol. The van der Waals surface area contributed by atoms with Crippen LogP contribution in [0, 0.1) is 5.92 Å². The largest absolute Gasteiger partial charge is 0.496 e. The second kappa shape index (κ2) is 6.20. The van der Waals surface area contributed by atoms with Gasteiger partial charge in [0.1, 0.15) is 5.75 Å². The van der Waals surface area contributed by atoms with Gasteiger partial charge in [-0.3, -0.25) is 4.79 Å². The van der Waals surface area contributed by atoms with E-state index in [1.165, 1.54) is 0 Å². The Balaban J connectivity index is 1.93. The first-order valence-corrected chi connectivity index (χ1v) is 7.38. The fourth-order valence-electron chi connectivity index (χ4n) is 2.96. The summed E-state index contributed by atoms with van der Waals surface area (Å²) in [5, 5.41) is 12.4. The molecule has 2 aromatic carbocycles. The highest BCUT2D eigenvalue weighted by atomic mass is 16.5. The van der Waals surface area contributed by atoms with Gasteiger partial charge in [0, 0.05) is 18.2 Å². The van der Waals surface area contributed by atoms with Crippen LogP contribution in [0.4, 0.5) is 0 Å². The van der Waals surface area contributed by atoms with Gasteiger partial charge in [0.2, 0.25) is 0 Å². The Bertz CT molecular complexity index is 669. The Hall–Kier alpha value is -2.33. The number of methoxy groups -OCH3 is 1. The van der Waals surface area contributed by atoms with Crippen molar-refractivity contribution in [2.75, 3.05) is 13.7 Å². The van der Waals surface area contributed by atoms with Crippen molar-refractivity contribution in [2.24, 2.45) is 5.92 Å². The quantitative estimate of drug-likeness (QED) is 0.910. The van der Waals surface area contributed by atoms with E-state index in [4.69, 9.17) is 9.84 Å². The maximum absolute atomic E-state index is 11.1. The third kappa shape index (κ3) is 2.83. The number of hydrogen-bond acceptors (Lipinski definition) is 3. The van der Waals surface area contributed by atoms with Crippen LogP contribution in [0.5, 0.6) is 5.75 Å². The van der Waals surface area contributed by atoms with E-state index < -0.39 is 5.97 Å². The van der Waals surface area contributed by atoms with E-state index in [2.05, 4.69) is 11.4 Å². The van der Waals surface area contributed by atoms with Gasteiger partial charge in [-0.25, -0.2) is 0 Å². The van der Waals surface area contributed by atoms with Crippen molar-refractivity contribution in [3.05, 3.63) is 54.1 Å². The molecule has 0 amide bonds. The predicted octanol–water partition coefficient (Wildman–Crippen LogP) is 3.10. The van der Waals surface area contributed by atoms with E-state index >= 15 is 0 Å². The molecule has 2 N–H and O–H groups in total. The van der Waals surface area contributed by atoms with E-state index in [1.54, 1.807) is 7.11 Å². The molecule has 1 heterocycles. The van der Waals surface area contributed by atoms with Crippen LogP contribution in [0.2, 0.25) is 0 Å². The van der Waals surface area contributed by atoms with E-state index in [0.29, 0.717) is 13.0 Å². The van der Waals surface area contributed by atoms with Crippen LogP contribution in [-0.2, 0) is 4.79 Å². The van der Waals surface area contributed by atoms with Crippen LogP contribution in [0.3, 0.4) is 0 Å². The smallest absolute Gasteiger partial charge is 0.307 e. The standard InChI is InChI=1S/C18H19NO3/c1-22-17-8-7-13(16-10-14(11-19-16)18(20)21)9-15(17)12-5-3-2-4-6-12/h2-9,14,16,19H,10-11H2,1H3,(H,20,21). The van der Waals surface area contributed by atoms with Crippen LogP contribution in [-0.4, -0.2) is 24.7 Å². The molecule has 114 valence electrons. The van der Waals surface area contributed by atoms with E-state index in [1.807, 2.05) is 42.5 Å². The van der Waals surface area contributed by atoms with Crippen molar-refractivity contribution in [2.45, 2.75) is 12.5 Å². The molecule has 0 spiro atoms. The van der Waals surface area contributed by atoms with Crippen LogP contribution in [0.15, 0.2) is 48.5 Å². The van der Waals surface area contributed by atoms with Crippen LogP contribution in [0.25, 0.3) is 11.1 Å². The number of carbonyl (C=O) groups is 1. The van der Waals surface area contributed by atoms with E-state index in [-0.39, 0.29) is 12.0 Å². The summed E-state index contributed by atoms with van der Waals surface area (Å²) in [7, 11) is 1.66. The number of ether oxygens (including phenoxy) is 1. The number of rotatable bonds is 4. The second-order valence-corrected chi connectivity index (χ2v) is 5.56. The molecule has 4 heteroatoms. The third-order valence-electron chi connectivity index (χ3n) is 4.19. The number of carboxylic acid groups (broad SMARTS) is 1. The monoisotopic (exact) mass is 297 g/mol. The Labute approximate surface area is 129 Å². The van der Waals surface area contributed by atoms with Crippen molar-refractivity contribution in [1.82, 2.24) is 5.32 Å². The van der Waals surface area contributed by atoms with Gasteiger partial charge >= 0.3 is 5.97 Å². The number of benzene rings is 2. The molecule has 0 aliphatic carbocycles. The van der Waals surface area contributed by atoms with Gasteiger partial charge in [-0.05, 0) is 29.7 Å². The maximum Gasteiger partial charge on any atom is 0.307 e. The second-order valence-electron chi connectivity index (χ2n) is 5.56. The molecule has 2 aromatic rings. The summed E-state index contributed by atoms with van der Waals surface area (Å²) in [6.07, 6.45) is 0.621. The fourth-order valence-corrected chi connectivity index (χ4v) is 2.96. The number of carboxylic acids is 1. The molecule has 1 saturated heterocycles. The molecule has 0 aromatic heterocycles. The Morgan fingerprint density at radius 2 is 2.00 bits per heavy atom. The van der Waals surface area contributed by atoms with E-state index in [9.17, 15) is 4.79 Å². The summed E-state index contributed by atoms with van der Waals surface area (Å²) in [6.45, 7) is 0.521. The molecule has 1 aliphatic heterocycles. The van der Waals surface area contributed by atoms with Gasteiger partial charge in [-0.2, -0.15) is 0 Å². The molecular formula is C18H19NO3. The number of aliphatic carboxylic acids is 1. The average Bonchev–Trinajstić information content (AvgIpc) is 3.05. The Kier molecular flexibility index (Phi) is 4.11. The van der Waals surface area contributed by atoms with Crippen molar-refractivity contribution < 1.29 is 14.6 Å². The van der Waals surface area contributed by atoms with Gasteiger partial charge < -0.3 is 15.2 Å². The molecule has 3 rings (SSSR count). The zero-order valence-corrected chi connectivity index (χ0v) is 12.5. The number of hydrogen-bond donors (Lipinski definition) is 2. The molecule has 2 atom stereocenters. The van der Waals surface area contributed by atoms with Gasteiger partial charge in [0.15, 0.2) is 0 Å². The molecule has 0 saturated carbocycles. The zero-order valence-electron chi connectivity index (χ0n) is 12.5. The van der Waals surface area contributed by atoms with Gasteiger partial charge in [-0.15, -0.1) is 0 Å². The van der Waals surface area contributed by atoms with Crippen LogP contribution in [0.1, 0.15) is 18.0 Å². The zero-order chi connectivity index (χ0) is 15.5. The minimum atomic E-state index is -0.730. The minimum Gasteiger partial charge on any atom is -0.496 e. The maximum atomic E-state index is 11.1. The van der Waals surface area contributed by atoms with E-state index in [0.717, 1.165) is 22.4 Å². The summed E-state index contributed by atoms with van der Waals surface area (Å²) in [4.78, 5) is 11.1. The van der Waals surface area contributed by atoms with Crippen molar-refractivity contribution in [3.63, 3.8) is 0 Å². The van der Waals surface area contributed by atoms with Crippen molar-refractivity contribution in [3.8, 4) is 16.9 Å². The summed E-state index contributed by atoms with van der Waals surface area (Å²) < 4.78 is 5.46. The SMILES string of the molecule is COc1ccc(C2CC(C(=O)O)CN2)cc1-c1ccccc1. The van der Waals surface area contributed by atoms with Gasteiger partial charge in [0.05, 0.1) is 13.0 Å². The Morgan fingerprint density at radius 1 is 1.23 bits per heavy atom. The van der Waals surface area contributed by atoms with Crippen LogP contribution >= 0.6 is 0 Å². The molecule has 2 unspecified atom stereocenters. The highest BCUT2D eigenvalue weighted by molar-refractivity contribution is 5.72. The molecule has 0 radical (unpaired) electrons. The van der Waals surface area contributed by atoms with Crippen molar-refractivity contribution >= 4 is 5.97 Å². The average molecular weight is 297 g/mol. The molecule has 1 aliphatic rings. The van der Waals surface area contributed by atoms with Gasteiger partial charge in [-0.1, -0.05) is 36.4 Å². The highest BCUT2D eigenvalue weighted by Crippen LogP contribution is 2.35. The molecular weight excluding hydrogens is 278 g/mol. The van der Waals surface area contributed by atoms with Crippen LogP contribution < -0.4 is 10.1 Å². The Morgan fingerprint density at radius 3 is 2.64 bits per heavy atom. The van der Waals surface area contributed by atoms with Crippen molar-refractivity contribution in [1.29, 1.82) is 0 Å². The lowest BCUT2D eigenvalue weighted by Crippen LogP contribution is -2.17. The molecule has 1 fully saturated rings. The summed E-state index contributed by atoms with van der Waals surface area (Å²) >= 11 is 0. The lowest BCUT2D eigenvalue weighted by atomic mass is 9.96. The molecule has 4 nitrogen and oxygen atoms in total. The summed E-state index contributed by atoms with van der Waals surface area (Å²) in [5.41, 5.74) is 3.22. The number of nitrogens with one attached hydrogen (secondary N) is 1. The summed E-state index contributed by atoms with van der Waals surface area (Å²) in [5.74, 6) is -0.221. The molecule has 22 heavy (non-hydrogen) atoms. The fraction of sp³-hybridized carbons (Fsp3) is 0.278. The normalized spacial score (nSPS) is 20.8. The topological polar surface area (TPSA) is 58.6 Å². The lowest BCUT2D eigenvalue weighted by molar-refractivity contribution is -0.141. The first-order valence-electron chi connectivity index (χ1n) is 7.38. The molecule has 0 bridgehead atoms. The lowest BCUT2D eigenvalue weighted by Gasteiger charge is -2.15. The summed E-state index contributed by atoms with van der Waals surface area (Å²) in [6, 6.07) is 16.2. The minimum absolute atomic E-state index is 0.0782. The first-order chi connectivity index (χ1) is 10.7. The van der Waals surface area contributed by atoms with Gasteiger partial charge in [0.25, 0.3) is 0 Å².